The summed E-state index contributed by atoms with van der Waals surface area (Å²) in [7, 11) is 0. The Labute approximate surface area is 103 Å². The fraction of sp³-hybridized carbons (Fsp3) is 0.667. The minimum Gasteiger partial charge on any atom is -0.338 e. The Hall–Kier alpha value is -0.820. The van der Waals surface area contributed by atoms with Gasteiger partial charge in [0.25, 0.3) is 0 Å². The Morgan fingerprint density at radius 1 is 1.38 bits per heavy atom. The zero-order valence-electron chi connectivity index (χ0n) is 9.45. The highest BCUT2D eigenvalue weighted by Crippen LogP contribution is 2.25. The number of nitrogens with zero attached hydrogens (tertiary/aromatic N) is 2. The molecule has 1 aromatic heterocycles. The Bertz CT molecular complexity index is 329. The van der Waals surface area contributed by atoms with Gasteiger partial charge in [0, 0.05) is 12.3 Å². The van der Waals surface area contributed by atoms with Gasteiger partial charge in [0.2, 0.25) is 5.13 Å². The number of carbonyl (C=O) groups excluding carboxylic acids is 1. The third-order valence-electron chi connectivity index (χ3n) is 1.59. The van der Waals surface area contributed by atoms with Gasteiger partial charge in [-0.05, 0) is 12.8 Å². The molecule has 0 atom stereocenters. The van der Waals surface area contributed by atoms with Crippen LogP contribution in [0.2, 0.25) is 0 Å². The maximum Gasteiger partial charge on any atom is 0.321 e. The number of nitrogens with one attached hydrogen (secondary N) is 2. The number of hydrogen-bond donors (Lipinski definition) is 2. The van der Waals surface area contributed by atoms with E-state index in [1.807, 2.05) is 6.92 Å². The summed E-state index contributed by atoms with van der Waals surface area (Å²) in [5.41, 5.74) is 0. The van der Waals surface area contributed by atoms with Crippen LogP contribution in [0.3, 0.4) is 0 Å². The lowest BCUT2D eigenvalue weighted by Crippen LogP contribution is -2.29. The molecular formula is C9H16N4OS2. The number of amides is 2. The fourth-order valence-corrected chi connectivity index (χ4v) is 2.56. The Morgan fingerprint density at radius 3 is 2.88 bits per heavy atom. The van der Waals surface area contributed by atoms with E-state index in [0.717, 1.165) is 22.9 Å². The largest absolute Gasteiger partial charge is 0.338 e. The zero-order chi connectivity index (χ0) is 11.8. The van der Waals surface area contributed by atoms with E-state index in [0.29, 0.717) is 11.7 Å². The van der Waals surface area contributed by atoms with E-state index in [9.17, 15) is 4.79 Å². The molecule has 5 nitrogen and oxygen atoms in total. The van der Waals surface area contributed by atoms with Crippen molar-refractivity contribution in [3.63, 3.8) is 0 Å². The molecule has 0 unspecified atom stereocenters. The summed E-state index contributed by atoms with van der Waals surface area (Å²) in [4.78, 5) is 11.3. The van der Waals surface area contributed by atoms with Crippen molar-refractivity contribution in [1.29, 1.82) is 0 Å². The molecular weight excluding hydrogens is 244 g/mol. The average molecular weight is 260 g/mol. The summed E-state index contributed by atoms with van der Waals surface area (Å²) in [6.45, 7) is 4.79. The molecule has 0 spiro atoms. The van der Waals surface area contributed by atoms with Crippen LogP contribution in [0.1, 0.15) is 26.7 Å². The van der Waals surface area contributed by atoms with E-state index in [4.69, 9.17) is 0 Å². The highest BCUT2D eigenvalue weighted by Gasteiger charge is 2.07. The second-order valence-electron chi connectivity index (χ2n) is 3.10. The van der Waals surface area contributed by atoms with Crippen LogP contribution < -0.4 is 10.6 Å². The van der Waals surface area contributed by atoms with Crippen LogP contribution in [0, 0.1) is 0 Å². The molecule has 90 valence electrons. The predicted molar refractivity (Wildman–Crippen MR) is 68.2 cm³/mol. The quantitative estimate of drug-likeness (QED) is 0.609. The number of rotatable bonds is 6. The first-order chi connectivity index (χ1) is 7.76. The lowest BCUT2D eigenvalue weighted by Gasteiger charge is -2.01. The highest BCUT2D eigenvalue weighted by atomic mass is 32.2. The van der Waals surface area contributed by atoms with Crippen LogP contribution in [-0.4, -0.2) is 28.5 Å². The van der Waals surface area contributed by atoms with Gasteiger partial charge < -0.3 is 5.32 Å². The molecule has 0 aromatic carbocycles. The SMILES string of the molecule is CCCNC(=O)Nc1nnc(SCCC)s1. The van der Waals surface area contributed by atoms with E-state index in [2.05, 4.69) is 27.8 Å². The summed E-state index contributed by atoms with van der Waals surface area (Å²) in [6.07, 6.45) is 2.02. The van der Waals surface area contributed by atoms with Crippen LogP contribution in [0.4, 0.5) is 9.93 Å². The van der Waals surface area contributed by atoms with Gasteiger partial charge in [-0.2, -0.15) is 0 Å². The molecule has 1 aromatic rings. The monoisotopic (exact) mass is 260 g/mol. The number of anilines is 1. The second kappa shape index (κ2) is 7.45. The standard InChI is InChI=1S/C9H16N4OS2/c1-3-5-10-7(14)11-8-12-13-9(16-8)15-6-4-2/h3-6H2,1-2H3,(H2,10,11,12,14). The van der Waals surface area contributed by atoms with Gasteiger partial charge in [-0.15, -0.1) is 10.2 Å². The topological polar surface area (TPSA) is 66.9 Å². The smallest absolute Gasteiger partial charge is 0.321 e. The summed E-state index contributed by atoms with van der Waals surface area (Å²) >= 11 is 3.06. The van der Waals surface area contributed by atoms with Gasteiger partial charge in [0.15, 0.2) is 4.34 Å². The van der Waals surface area contributed by atoms with Crippen molar-refractivity contribution in [2.24, 2.45) is 0 Å². The normalized spacial score (nSPS) is 10.1. The number of aromatic nitrogens is 2. The Balaban J connectivity index is 2.36. The number of thioether (sulfide) groups is 1. The number of carbonyl (C=O) groups is 1. The first-order valence-electron chi connectivity index (χ1n) is 5.27. The lowest BCUT2D eigenvalue weighted by atomic mass is 10.5. The number of hydrogen-bond acceptors (Lipinski definition) is 5. The maximum atomic E-state index is 11.3. The van der Waals surface area contributed by atoms with Crippen molar-refractivity contribution in [2.45, 2.75) is 31.0 Å². The minimum absolute atomic E-state index is 0.218. The zero-order valence-corrected chi connectivity index (χ0v) is 11.1. The van der Waals surface area contributed by atoms with Crippen LogP contribution in [0.5, 0.6) is 0 Å². The van der Waals surface area contributed by atoms with Crippen LogP contribution in [0.15, 0.2) is 4.34 Å². The summed E-state index contributed by atoms with van der Waals surface area (Å²) < 4.78 is 0.896. The predicted octanol–water partition coefficient (Wildman–Crippen LogP) is 2.57. The lowest BCUT2D eigenvalue weighted by molar-refractivity contribution is 0.252. The van der Waals surface area contributed by atoms with Crippen molar-refractivity contribution < 1.29 is 4.79 Å². The van der Waals surface area contributed by atoms with Crippen LogP contribution in [-0.2, 0) is 0 Å². The Kier molecular flexibility index (Phi) is 6.17. The van der Waals surface area contributed by atoms with Gasteiger partial charge in [0.05, 0.1) is 0 Å². The molecule has 0 aliphatic carbocycles. The molecule has 2 amide bonds. The van der Waals surface area contributed by atoms with Crippen LogP contribution in [0.25, 0.3) is 0 Å². The fourth-order valence-electron chi connectivity index (χ4n) is 0.888. The molecule has 2 N–H and O–H groups in total. The molecule has 0 radical (unpaired) electrons. The van der Waals surface area contributed by atoms with E-state index < -0.39 is 0 Å². The van der Waals surface area contributed by atoms with E-state index >= 15 is 0 Å². The maximum absolute atomic E-state index is 11.3. The third kappa shape index (κ3) is 4.80. The molecule has 16 heavy (non-hydrogen) atoms. The van der Waals surface area contributed by atoms with Gasteiger partial charge >= 0.3 is 6.03 Å². The van der Waals surface area contributed by atoms with Gasteiger partial charge in [-0.3, -0.25) is 5.32 Å². The van der Waals surface area contributed by atoms with Crippen LogP contribution >= 0.6 is 23.1 Å². The number of urea groups is 1. The van der Waals surface area contributed by atoms with Gasteiger partial charge in [-0.1, -0.05) is 36.9 Å². The van der Waals surface area contributed by atoms with Crippen molar-refractivity contribution >= 4 is 34.3 Å². The first kappa shape index (κ1) is 13.2. The second-order valence-corrected chi connectivity index (χ2v) is 5.42. The van der Waals surface area contributed by atoms with Crippen molar-refractivity contribution in [1.82, 2.24) is 15.5 Å². The first-order valence-corrected chi connectivity index (χ1v) is 7.07. The molecule has 0 bridgehead atoms. The third-order valence-corrected chi connectivity index (χ3v) is 3.77. The molecule has 0 saturated heterocycles. The van der Waals surface area contributed by atoms with E-state index in [1.165, 1.54) is 11.3 Å². The van der Waals surface area contributed by atoms with Crippen molar-refractivity contribution in [3.8, 4) is 0 Å². The molecule has 0 aliphatic heterocycles. The van der Waals surface area contributed by atoms with E-state index in [-0.39, 0.29) is 6.03 Å². The minimum atomic E-state index is -0.218. The summed E-state index contributed by atoms with van der Waals surface area (Å²) in [5.74, 6) is 1.02. The van der Waals surface area contributed by atoms with Crippen molar-refractivity contribution in [2.75, 3.05) is 17.6 Å². The van der Waals surface area contributed by atoms with Gasteiger partial charge in [-0.25, -0.2) is 4.79 Å². The average Bonchev–Trinajstić information content (AvgIpc) is 2.71. The molecule has 0 saturated carbocycles. The van der Waals surface area contributed by atoms with E-state index in [1.54, 1.807) is 11.8 Å². The van der Waals surface area contributed by atoms with Gasteiger partial charge in [0.1, 0.15) is 0 Å². The molecule has 1 heterocycles. The van der Waals surface area contributed by atoms with Crippen molar-refractivity contribution in [3.05, 3.63) is 0 Å². The molecule has 0 aliphatic rings. The highest BCUT2D eigenvalue weighted by molar-refractivity contribution is 8.01. The Morgan fingerprint density at radius 2 is 2.19 bits per heavy atom. The summed E-state index contributed by atoms with van der Waals surface area (Å²) in [6, 6.07) is -0.218. The molecule has 7 heteroatoms. The molecule has 1 rings (SSSR count). The molecule has 0 fully saturated rings. The summed E-state index contributed by atoms with van der Waals surface area (Å²) in [5, 5.41) is 13.8.